The van der Waals surface area contributed by atoms with Crippen molar-refractivity contribution in [2.45, 2.75) is 26.2 Å². The van der Waals surface area contributed by atoms with Crippen LogP contribution < -0.4 is 15.4 Å². The molecule has 0 aromatic heterocycles. The molecule has 0 spiro atoms. The highest BCUT2D eigenvalue weighted by atomic mass is 32.2. The Kier molecular flexibility index (Phi) is 9.84. The maximum Gasteiger partial charge on any atom is 0.332 e. The standard InChI is InChI=1S/C19H21N3O4S.C7H10O/c1-12(15-7-4-8-20-11-18(15)23)16-9-13-5-3-6-14(13)10-17(16)21-19(24)22-27(2,25)26;1-3-4-5-6-7(2)8/h4,7-10,20H,1,3,5-6,11H2,2H3,(H2,21,22,24);3-6,8H,1H2,2H3/b;5-4-,7-6+. The average Bonchev–Trinajstić information content (AvgIpc) is 3.10. The molecule has 4 N–H and O–H groups in total. The van der Waals surface area contributed by atoms with E-state index in [2.05, 4.69) is 23.8 Å². The molecule has 0 saturated carbocycles. The van der Waals surface area contributed by atoms with Crippen molar-refractivity contribution in [1.29, 1.82) is 0 Å². The van der Waals surface area contributed by atoms with E-state index >= 15 is 0 Å². The zero-order valence-electron chi connectivity index (χ0n) is 19.9. The molecule has 0 saturated heterocycles. The first-order valence-corrected chi connectivity index (χ1v) is 12.8. The van der Waals surface area contributed by atoms with Crippen LogP contribution >= 0.6 is 0 Å². The van der Waals surface area contributed by atoms with E-state index in [4.69, 9.17) is 5.11 Å². The minimum Gasteiger partial charge on any atom is -0.513 e. The molecule has 0 unspecified atom stereocenters. The number of urea groups is 1. The molecule has 1 aromatic rings. The molecular weight excluding hydrogens is 466 g/mol. The molecule has 186 valence electrons. The smallest absolute Gasteiger partial charge is 0.332 e. The molecule has 3 rings (SSSR count). The minimum atomic E-state index is -3.69. The number of aryl methyl sites for hydroxylation is 2. The van der Waals surface area contributed by atoms with Gasteiger partial charge in [-0.1, -0.05) is 31.4 Å². The highest BCUT2D eigenvalue weighted by molar-refractivity contribution is 7.89. The van der Waals surface area contributed by atoms with Crippen LogP contribution in [-0.2, 0) is 27.7 Å². The van der Waals surface area contributed by atoms with Crippen molar-refractivity contribution in [3.63, 3.8) is 0 Å². The van der Waals surface area contributed by atoms with Crippen molar-refractivity contribution in [3.8, 4) is 0 Å². The van der Waals surface area contributed by atoms with Crippen molar-refractivity contribution < 1.29 is 23.1 Å². The fraction of sp³-hybridized carbons (Fsp3) is 0.231. The van der Waals surface area contributed by atoms with Gasteiger partial charge in [-0.25, -0.2) is 17.9 Å². The highest BCUT2D eigenvalue weighted by Gasteiger charge is 2.22. The Balaban J connectivity index is 0.000000466. The van der Waals surface area contributed by atoms with Crippen LogP contribution in [0.25, 0.3) is 5.57 Å². The number of fused-ring (bicyclic) bond motifs is 1. The second-order valence-corrected chi connectivity index (χ2v) is 9.75. The molecule has 0 radical (unpaired) electrons. The Labute approximate surface area is 206 Å². The number of carbonyl (C=O) groups is 2. The number of hydrogen-bond acceptors (Lipinski definition) is 6. The van der Waals surface area contributed by atoms with E-state index in [1.807, 2.05) is 16.9 Å². The Morgan fingerprint density at radius 3 is 2.51 bits per heavy atom. The number of allylic oxidation sites excluding steroid dienone is 8. The molecule has 2 aliphatic rings. The first kappa shape index (κ1) is 27.4. The average molecular weight is 498 g/mol. The van der Waals surface area contributed by atoms with Crippen LogP contribution in [0.15, 0.2) is 79.3 Å². The van der Waals surface area contributed by atoms with Crippen LogP contribution in [0.4, 0.5) is 10.5 Å². The van der Waals surface area contributed by atoms with E-state index in [0.29, 0.717) is 28.2 Å². The number of hydrogen-bond donors (Lipinski definition) is 4. The summed E-state index contributed by atoms with van der Waals surface area (Å²) in [6.07, 6.45) is 15.5. The molecule has 8 nitrogen and oxygen atoms in total. The van der Waals surface area contributed by atoms with E-state index in [0.717, 1.165) is 36.6 Å². The van der Waals surface area contributed by atoms with E-state index in [1.54, 1.807) is 49.6 Å². The van der Waals surface area contributed by atoms with Gasteiger partial charge in [0, 0.05) is 11.1 Å². The number of carbonyl (C=O) groups excluding carboxylic acids is 2. The lowest BCUT2D eigenvalue weighted by Gasteiger charge is -2.17. The zero-order valence-corrected chi connectivity index (χ0v) is 20.7. The number of nitrogens with one attached hydrogen (secondary N) is 3. The van der Waals surface area contributed by atoms with Gasteiger partial charge in [-0.3, -0.25) is 4.79 Å². The number of aliphatic hydroxyl groups excluding tert-OH is 1. The summed E-state index contributed by atoms with van der Waals surface area (Å²) >= 11 is 0. The molecule has 35 heavy (non-hydrogen) atoms. The predicted molar refractivity (Wildman–Crippen MR) is 140 cm³/mol. The fourth-order valence-corrected chi connectivity index (χ4v) is 3.92. The Morgan fingerprint density at radius 1 is 1.20 bits per heavy atom. The fourth-order valence-electron chi connectivity index (χ4n) is 3.53. The van der Waals surface area contributed by atoms with Crippen LogP contribution in [0, 0.1) is 0 Å². The molecule has 0 atom stereocenters. The Bertz CT molecular complexity index is 1230. The van der Waals surface area contributed by atoms with Crippen molar-refractivity contribution in [2.24, 2.45) is 0 Å². The number of anilines is 1. The summed E-state index contributed by atoms with van der Waals surface area (Å²) in [5.41, 5.74) is 4.21. The summed E-state index contributed by atoms with van der Waals surface area (Å²) in [4.78, 5) is 24.4. The topological polar surface area (TPSA) is 125 Å². The predicted octanol–water partition coefficient (Wildman–Crippen LogP) is 4.07. The first-order chi connectivity index (χ1) is 16.5. The van der Waals surface area contributed by atoms with E-state index in [1.165, 1.54) is 0 Å². The number of rotatable bonds is 6. The summed E-state index contributed by atoms with van der Waals surface area (Å²) in [5.74, 6) is 0.195. The van der Waals surface area contributed by atoms with Crippen LogP contribution in [0.1, 0.15) is 30.0 Å². The summed E-state index contributed by atoms with van der Waals surface area (Å²) in [5, 5.41) is 14.0. The lowest BCUT2D eigenvalue weighted by molar-refractivity contribution is -0.114. The van der Waals surface area contributed by atoms with Gasteiger partial charge >= 0.3 is 6.03 Å². The van der Waals surface area contributed by atoms with Crippen molar-refractivity contribution in [2.75, 3.05) is 18.1 Å². The van der Waals surface area contributed by atoms with Gasteiger partial charge in [0.25, 0.3) is 0 Å². The van der Waals surface area contributed by atoms with Gasteiger partial charge < -0.3 is 15.7 Å². The third kappa shape index (κ3) is 8.78. The van der Waals surface area contributed by atoms with E-state index < -0.39 is 16.1 Å². The lowest BCUT2D eigenvalue weighted by atomic mass is 9.92. The van der Waals surface area contributed by atoms with Gasteiger partial charge in [-0.05, 0) is 79.4 Å². The molecule has 1 heterocycles. The van der Waals surface area contributed by atoms with Gasteiger partial charge in [-0.15, -0.1) is 0 Å². The van der Waals surface area contributed by atoms with Crippen LogP contribution in [0.3, 0.4) is 0 Å². The third-order valence-corrected chi connectivity index (χ3v) is 5.59. The van der Waals surface area contributed by atoms with E-state index in [9.17, 15) is 18.0 Å². The van der Waals surface area contributed by atoms with Gasteiger partial charge in [-0.2, -0.15) is 0 Å². The number of sulfonamides is 1. The lowest BCUT2D eigenvalue weighted by Crippen LogP contribution is -2.33. The molecule has 1 aromatic carbocycles. The van der Waals surface area contributed by atoms with Gasteiger partial charge in [0.1, 0.15) is 0 Å². The third-order valence-electron chi connectivity index (χ3n) is 5.03. The summed E-state index contributed by atoms with van der Waals surface area (Å²) in [6, 6.07) is 2.91. The number of Topliss-reactive ketones (excluding diaryl/α,β-unsaturated/α-hetero) is 1. The van der Waals surface area contributed by atoms with Crippen molar-refractivity contribution in [1.82, 2.24) is 10.0 Å². The maximum atomic E-state index is 12.4. The SMILES string of the molecule is C=C(C1=CC=CNCC1=O)c1cc2c(cc1NC(=O)NS(C)(=O)=O)CCC2.C=C/C=C\C=C(/C)O. The van der Waals surface area contributed by atoms with Gasteiger partial charge in [0.2, 0.25) is 10.0 Å². The number of aliphatic hydroxyl groups is 1. The summed E-state index contributed by atoms with van der Waals surface area (Å²) in [6.45, 7) is 9.30. The molecule has 0 fully saturated rings. The number of benzene rings is 1. The van der Waals surface area contributed by atoms with Gasteiger partial charge in [0.05, 0.1) is 24.2 Å². The second kappa shape index (κ2) is 12.6. The van der Waals surface area contributed by atoms with Gasteiger partial charge in [0.15, 0.2) is 5.78 Å². The largest absolute Gasteiger partial charge is 0.513 e. The Hall–Kier alpha value is -3.85. The molecule has 9 heteroatoms. The van der Waals surface area contributed by atoms with Crippen LogP contribution in [0.2, 0.25) is 0 Å². The number of amides is 2. The molecule has 2 amide bonds. The Morgan fingerprint density at radius 2 is 1.89 bits per heavy atom. The molecular formula is C26H31N3O5S. The first-order valence-electron chi connectivity index (χ1n) is 10.9. The molecule has 1 aliphatic heterocycles. The maximum absolute atomic E-state index is 12.4. The zero-order chi connectivity index (χ0) is 26.0. The quantitative estimate of drug-likeness (QED) is 0.347. The minimum absolute atomic E-state index is 0.114. The van der Waals surface area contributed by atoms with E-state index in [-0.39, 0.29) is 12.3 Å². The number of ketones is 1. The molecule has 1 aliphatic carbocycles. The van der Waals surface area contributed by atoms with Crippen molar-refractivity contribution in [3.05, 3.63) is 96.0 Å². The van der Waals surface area contributed by atoms with Crippen LogP contribution in [-0.4, -0.2) is 38.1 Å². The van der Waals surface area contributed by atoms with Crippen LogP contribution in [0.5, 0.6) is 0 Å². The highest BCUT2D eigenvalue weighted by Crippen LogP contribution is 2.35. The van der Waals surface area contributed by atoms with Crippen molar-refractivity contribution >= 4 is 33.1 Å². The summed E-state index contributed by atoms with van der Waals surface area (Å²) < 4.78 is 24.5. The summed E-state index contributed by atoms with van der Waals surface area (Å²) in [7, 11) is -3.69. The molecule has 0 bridgehead atoms. The normalized spacial score (nSPS) is 15.2. The monoisotopic (exact) mass is 497 g/mol. The second-order valence-electron chi connectivity index (χ2n) is 8.00.